The summed E-state index contributed by atoms with van der Waals surface area (Å²) in [4.78, 5) is 53.0. The van der Waals surface area contributed by atoms with Crippen molar-refractivity contribution in [1.82, 2.24) is 4.90 Å². The van der Waals surface area contributed by atoms with E-state index in [1.165, 1.54) is 27.2 Å². The first kappa shape index (κ1) is 26.9. The summed E-state index contributed by atoms with van der Waals surface area (Å²) in [7, 11) is 0. The molecule has 7 nitrogen and oxygen atoms in total. The van der Waals surface area contributed by atoms with Gasteiger partial charge in [0.25, 0.3) is 5.91 Å². The second-order valence-electron chi connectivity index (χ2n) is 11.4. The first-order valence-corrected chi connectivity index (χ1v) is 14.4. The number of hydrogen-bond acceptors (Lipinski definition) is 5. The zero-order valence-corrected chi connectivity index (χ0v) is 23.4. The zero-order chi connectivity index (χ0) is 28.7. The van der Waals surface area contributed by atoms with Crippen LogP contribution < -0.4 is 5.32 Å². The minimum absolute atomic E-state index is 0.0757. The fraction of sp³-hybridized carbons (Fsp3) is 0.353. The number of carbonyl (C=O) groups excluding carboxylic acids is 4. The minimum atomic E-state index is -0.438. The first-order chi connectivity index (χ1) is 19.8. The Labute approximate surface area is 239 Å². The summed E-state index contributed by atoms with van der Waals surface area (Å²) in [5.74, 6) is -1.88. The monoisotopic (exact) mass is 550 g/mol. The molecule has 1 fully saturated rings. The molecule has 0 aromatic heterocycles. The van der Waals surface area contributed by atoms with Gasteiger partial charge in [-0.1, -0.05) is 61.0 Å². The predicted molar refractivity (Wildman–Crippen MR) is 154 cm³/mol. The van der Waals surface area contributed by atoms with Crippen molar-refractivity contribution in [2.24, 2.45) is 11.8 Å². The molecule has 0 spiro atoms. The van der Waals surface area contributed by atoms with Gasteiger partial charge in [0, 0.05) is 30.5 Å². The molecular formula is C34H34N2O5. The molecule has 0 unspecified atom stereocenters. The van der Waals surface area contributed by atoms with Crippen molar-refractivity contribution in [3.05, 3.63) is 100 Å². The number of nitrogens with one attached hydrogen (secondary N) is 1. The maximum absolute atomic E-state index is 13.6. The highest BCUT2D eigenvalue weighted by Crippen LogP contribution is 2.60. The van der Waals surface area contributed by atoms with Crippen LogP contribution in [-0.4, -0.2) is 41.7 Å². The van der Waals surface area contributed by atoms with E-state index in [4.69, 9.17) is 4.74 Å². The van der Waals surface area contributed by atoms with Crippen LogP contribution >= 0.6 is 0 Å². The van der Waals surface area contributed by atoms with Gasteiger partial charge in [-0.25, -0.2) is 0 Å². The fourth-order valence-electron chi connectivity index (χ4n) is 6.91. The Kier molecular flexibility index (Phi) is 7.20. The number of hydrogen-bond donors (Lipinski definition) is 1. The number of likely N-dealkylation sites (tertiary alicyclic amines) is 1. The van der Waals surface area contributed by atoms with Gasteiger partial charge in [0.1, 0.15) is 0 Å². The van der Waals surface area contributed by atoms with E-state index in [-0.39, 0.29) is 54.4 Å². The van der Waals surface area contributed by atoms with E-state index >= 15 is 0 Å². The molecule has 1 aliphatic heterocycles. The van der Waals surface area contributed by atoms with E-state index in [1.807, 2.05) is 56.3 Å². The van der Waals surface area contributed by atoms with Crippen LogP contribution in [0.2, 0.25) is 0 Å². The fourth-order valence-corrected chi connectivity index (χ4v) is 6.91. The third kappa shape index (κ3) is 4.83. The molecule has 3 aliphatic carbocycles. The van der Waals surface area contributed by atoms with E-state index in [9.17, 15) is 19.2 Å². The maximum Gasteiger partial charge on any atom is 0.306 e. The molecule has 3 aromatic carbocycles. The Bertz CT molecular complexity index is 1430. The number of unbranched alkanes of at least 4 members (excludes halogenated alkanes) is 2. The molecule has 1 saturated heterocycles. The van der Waals surface area contributed by atoms with Crippen LogP contribution in [-0.2, 0) is 23.9 Å². The Morgan fingerprint density at radius 2 is 1.32 bits per heavy atom. The maximum atomic E-state index is 13.6. The summed E-state index contributed by atoms with van der Waals surface area (Å²) < 4.78 is 5.13. The lowest BCUT2D eigenvalue weighted by Crippen LogP contribution is -2.41. The molecule has 7 rings (SSSR count). The third-order valence-electron chi connectivity index (χ3n) is 8.96. The number of imide groups is 1. The first-order valence-electron chi connectivity index (χ1n) is 14.4. The molecule has 3 amide bonds. The number of aryl methyl sites for hydroxylation is 2. The normalized spacial score (nSPS) is 21.8. The number of rotatable bonds is 9. The van der Waals surface area contributed by atoms with Crippen LogP contribution in [0.4, 0.5) is 5.69 Å². The number of amides is 3. The van der Waals surface area contributed by atoms with Crippen molar-refractivity contribution in [2.45, 2.75) is 51.4 Å². The number of esters is 1. The van der Waals surface area contributed by atoms with Gasteiger partial charge in [-0.05, 0) is 72.2 Å². The van der Waals surface area contributed by atoms with Crippen molar-refractivity contribution in [2.75, 3.05) is 18.5 Å². The average Bonchev–Trinajstić information content (AvgIpc) is 3.23. The van der Waals surface area contributed by atoms with E-state index in [1.54, 1.807) is 0 Å². The lowest BCUT2D eigenvalue weighted by atomic mass is 9.55. The summed E-state index contributed by atoms with van der Waals surface area (Å²) in [6.07, 6.45) is 2.03. The molecule has 0 saturated carbocycles. The Balaban J connectivity index is 0.993. The van der Waals surface area contributed by atoms with Gasteiger partial charge in [-0.3, -0.25) is 24.1 Å². The van der Waals surface area contributed by atoms with Crippen molar-refractivity contribution in [3.8, 4) is 0 Å². The summed E-state index contributed by atoms with van der Waals surface area (Å²) >= 11 is 0. The van der Waals surface area contributed by atoms with Crippen LogP contribution in [0.5, 0.6) is 0 Å². The average molecular weight is 551 g/mol. The highest BCUT2D eigenvalue weighted by molar-refractivity contribution is 6.07. The highest BCUT2D eigenvalue weighted by atomic mass is 16.5. The largest absolute Gasteiger partial charge is 0.456 e. The molecule has 4 aliphatic rings. The minimum Gasteiger partial charge on any atom is -0.456 e. The van der Waals surface area contributed by atoms with Crippen LogP contribution in [0.25, 0.3) is 0 Å². The highest BCUT2D eigenvalue weighted by Gasteiger charge is 2.61. The summed E-state index contributed by atoms with van der Waals surface area (Å²) in [6.45, 7) is 3.98. The summed E-state index contributed by atoms with van der Waals surface area (Å²) in [6, 6.07) is 22.1. The van der Waals surface area contributed by atoms with Gasteiger partial charge in [-0.2, -0.15) is 0 Å². The predicted octanol–water partition coefficient (Wildman–Crippen LogP) is 5.24. The molecular weight excluding hydrogens is 516 g/mol. The smallest absolute Gasteiger partial charge is 0.306 e. The Hall–Kier alpha value is -4.26. The number of ether oxygens (including phenoxy) is 1. The van der Waals surface area contributed by atoms with Gasteiger partial charge in [0.05, 0.1) is 11.8 Å². The topological polar surface area (TPSA) is 92.8 Å². The van der Waals surface area contributed by atoms with E-state index in [0.717, 1.165) is 11.1 Å². The second kappa shape index (κ2) is 11.0. The standard InChI is InChI=1S/C34H34N2O5/c1-20-15-16-22(18-21(20)2)35-27(37)19-41-28(38)14-4-3-9-17-36-33(39)31-29-23-10-5-6-11-24(23)30(32(31)34(36)40)26-13-8-7-12-25(26)29/h5-8,10-13,15-16,18,29-32H,3-4,9,14,17,19H2,1-2H3,(H,35,37)/t29?,30?,31-,32-/m0/s1. The molecule has 0 radical (unpaired) electrons. The quantitative estimate of drug-likeness (QED) is 0.224. The van der Waals surface area contributed by atoms with E-state index in [0.29, 0.717) is 31.5 Å². The van der Waals surface area contributed by atoms with Crippen LogP contribution in [0, 0.1) is 25.7 Å². The lowest BCUT2D eigenvalue weighted by Gasteiger charge is -2.45. The van der Waals surface area contributed by atoms with Crippen LogP contribution in [0.1, 0.15) is 70.9 Å². The van der Waals surface area contributed by atoms with Gasteiger partial charge < -0.3 is 10.1 Å². The summed E-state index contributed by atoms with van der Waals surface area (Å²) in [5, 5.41) is 2.74. The van der Waals surface area contributed by atoms with Crippen LogP contribution in [0.15, 0.2) is 66.7 Å². The van der Waals surface area contributed by atoms with E-state index in [2.05, 4.69) is 29.6 Å². The number of anilines is 1. The van der Waals surface area contributed by atoms with Gasteiger partial charge in [-0.15, -0.1) is 0 Å². The van der Waals surface area contributed by atoms with Crippen molar-refractivity contribution < 1.29 is 23.9 Å². The van der Waals surface area contributed by atoms with Gasteiger partial charge in [0.2, 0.25) is 11.8 Å². The van der Waals surface area contributed by atoms with Gasteiger partial charge >= 0.3 is 5.97 Å². The molecule has 2 atom stereocenters. The molecule has 1 heterocycles. The molecule has 210 valence electrons. The SMILES string of the molecule is Cc1ccc(NC(=O)COC(=O)CCCCCN2C(=O)[C@H]3C4c5ccccc5C(c5ccccc54)[C@@H]3C2=O)cc1C. The molecule has 3 aromatic rings. The van der Waals surface area contributed by atoms with Crippen molar-refractivity contribution >= 4 is 29.4 Å². The number of benzene rings is 3. The zero-order valence-electron chi connectivity index (χ0n) is 23.4. The van der Waals surface area contributed by atoms with Crippen molar-refractivity contribution in [1.29, 1.82) is 0 Å². The molecule has 2 bridgehead atoms. The van der Waals surface area contributed by atoms with Gasteiger partial charge in [0.15, 0.2) is 6.61 Å². The molecule has 7 heteroatoms. The second-order valence-corrected chi connectivity index (χ2v) is 11.4. The lowest BCUT2D eigenvalue weighted by molar-refractivity contribution is -0.147. The van der Waals surface area contributed by atoms with E-state index < -0.39 is 5.97 Å². The number of carbonyl (C=O) groups is 4. The Morgan fingerprint density at radius 1 is 0.756 bits per heavy atom. The number of nitrogens with zero attached hydrogens (tertiary/aromatic N) is 1. The Morgan fingerprint density at radius 3 is 1.85 bits per heavy atom. The third-order valence-corrected chi connectivity index (χ3v) is 8.96. The molecule has 1 N–H and O–H groups in total. The summed E-state index contributed by atoms with van der Waals surface area (Å²) in [5.41, 5.74) is 7.54. The molecule has 41 heavy (non-hydrogen) atoms. The van der Waals surface area contributed by atoms with Crippen molar-refractivity contribution in [3.63, 3.8) is 0 Å². The van der Waals surface area contributed by atoms with Crippen LogP contribution in [0.3, 0.4) is 0 Å².